The number of hydrogen-bond donors (Lipinski definition) is 3. The van der Waals surface area contributed by atoms with Crippen molar-refractivity contribution in [2.24, 2.45) is 0 Å². The molecule has 2 aromatic heterocycles. The number of aromatic hydroxyl groups is 2. The van der Waals surface area contributed by atoms with Gasteiger partial charge in [0.2, 0.25) is 0 Å². The second-order valence-corrected chi connectivity index (χ2v) is 5.00. The Morgan fingerprint density at radius 1 is 0.955 bits per heavy atom. The average Bonchev–Trinajstić information content (AvgIpc) is 3.13. The van der Waals surface area contributed by atoms with Gasteiger partial charge in [0, 0.05) is 23.2 Å². The summed E-state index contributed by atoms with van der Waals surface area (Å²) in [7, 11) is 0. The second kappa shape index (κ2) is 4.66. The van der Waals surface area contributed by atoms with Gasteiger partial charge in [-0.3, -0.25) is 5.10 Å². The van der Waals surface area contributed by atoms with E-state index in [1.807, 2.05) is 30.3 Å². The maximum absolute atomic E-state index is 10.0. The van der Waals surface area contributed by atoms with E-state index in [-0.39, 0.29) is 11.5 Å². The van der Waals surface area contributed by atoms with E-state index in [4.69, 9.17) is 4.42 Å². The zero-order valence-corrected chi connectivity index (χ0v) is 11.4. The molecular formula is C17H12N2O3. The molecule has 5 heteroatoms. The van der Waals surface area contributed by atoms with E-state index in [2.05, 4.69) is 10.2 Å². The number of phenols is 2. The van der Waals surface area contributed by atoms with Crippen molar-refractivity contribution >= 4 is 11.0 Å². The Morgan fingerprint density at radius 2 is 1.82 bits per heavy atom. The number of aromatic amines is 1. The molecule has 0 aliphatic carbocycles. The molecule has 2 heterocycles. The van der Waals surface area contributed by atoms with Crippen LogP contribution in [0.2, 0.25) is 0 Å². The quantitative estimate of drug-likeness (QED) is 0.523. The summed E-state index contributed by atoms with van der Waals surface area (Å²) in [6.07, 6.45) is 1.72. The molecule has 22 heavy (non-hydrogen) atoms. The zero-order chi connectivity index (χ0) is 15.1. The maximum atomic E-state index is 10.0. The van der Waals surface area contributed by atoms with Crippen molar-refractivity contribution in [3.63, 3.8) is 0 Å². The molecule has 0 saturated carbocycles. The van der Waals surface area contributed by atoms with E-state index in [9.17, 15) is 10.2 Å². The van der Waals surface area contributed by atoms with Crippen LogP contribution in [0.25, 0.3) is 33.6 Å². The van der Waals surface area contributed by atoms with Crippen molar-refractivity contribution in [3.05, 3.63) is 54.7 Å². The SMILES string of the molecule is Oc1ccc(-c2n[nH]cc2-c2cc3ccccc3o2)c(O)c1. The molecule has 0 atom stereocenters. The Kier molecular flexibility index (Phi) is 2.66. The summed E-state index contributed by atoms with van der Waals surface area (Å²) < 4.78 is 5.85. The van der Waals surface area contributed by atoms with Gasteiger partial charge in [0.15, 0.2) is 0 Å². The summed E-state index contributed by atoms with van der Waals surface area (Å²) in [6, 6.07) is 14.1. The molecule has 108 valence electrons. The molecule has 0 saturated heterocycles. The van der Waals surface area contributed by atoms with Crippen molar-refractivity contribution in [3.8, 4) is 34.1 Å². The van der Waals surface area contributed by atoms with Gasteiger partial charge in [-0.2, -0.15) is 5.10 Å². The van der Waals surface area contributed by atoms with E-state index in [1.165, 1.54) is 12.1 Å². The standard InChI is InChI=1S/C17H12N2O3/c20-11-5-6-12(14(21)8-11)17-13(9-18-19-17)16-7-10-3-1-2-4-15(10)22-16/h1-9,20-21H,(H,18,19). The molecule has 0 fully saturated rings. The Morgan fingerprint density at radius 3 is 2.64 bits per heavy atom. The number of hydrogen-bond acceptors (Lipinski definition) is 4. The van der Waals surface area contributed by atoms with Gasteiger partial charge in [0.05, 0.1) is 5.56 Å². The number of nitrogens with one attached hydrogen (secondary N) is 1. The van der Waals surface area contributed by atoms with Gasteiger partial charge in [0.25, 0.3) is 0 Å². The van der Waals surface area contributed by atoms with Crippen LogP contribution in [-0.2, 0) is 0 Å². The molecule has 0 amide bonds. The highest BCUT2D eigenvalue weighted by molar-refractivity contribution is 5.87. The predicted molar refractivity (Wildman–Crippen MR) is 82.6 cm³/mol. The van der Waals surface area contributed by atoms with Crippen LogP contribution in [0.4, 0.5) is 0 Å². The summed E-state index contributed by atoms with van der Waals surface area (Å²) >= 11 is 0. The Bertz CT molecular complexity index is 936. The number of nitrogens with zero attached hydrogens (tertiary/aromatic N) is 1. The van der Waals surface area contributed by atoms with Crippen LogP contribution in [0.15, 0.2) is 59.1 Å². The van der Waals surface area contributed by atoms with Crippen LogP contribution in [0.3, 0.4) is 0 Å². The molecule has 0 aliphatic rings. The Labute approximate surface area is 125 Å². The van der Waals surface area contributed by atoms with Gasteiger partial charge in [-0.15, -0.1) is 0 Å². The van der Waals surface area contributed by atoms with E-state index >= 15 is 0 Å². The lowest BCUT2D eigenvalue weighted by Gasteiger charge is -2.03. The Hall–Kier alpha value is -3.21. The first-order valence-corrected chi connectivity index (χ1v) is 6.77. The van der Waals surface area contributed by atoms with Crippen molar-refractivity contribution in [1.82, 2.24) is 10.2 Å². The van der Waals surface area contributed by atoms with Gasteiger partial charge in [-0.1, -0.05) is 18.2 Å². The highest BCUT2D eigenvalue weighted by Gasteiger charge is 2.17. The number of phenolic OH excluding ortho intramolecular Hbond substituents is 2. The van der Waals surface area contributed by atoms with Crippen molar-refractivity contribution in [2.45, 2.75) is 0 Å². The number of benzene rings is 2. The second-order valence-electron chi connectivity index (χ2n) is 5.00. The molecule has 5 nitrogen and oxygen atoms in total. The predicted octanol–water partition coefficient (Wildman–Crippen LogP) is 3.90. The fraction of sp³-hybridized carbons (Fsp3) is 0. The van der Waals surface area contributed by atoms with Gasteiger partial charge in [0.1, 0.15) is 28.5 Å². The van der Waals surface area contributed by atoms with Gasteiger partial charge >= 0.3 is 0 Å². The first-order chi connectivity index (χ1) is 10.7. The molecule has 4 aromatic rings. The third-order valence-electron chi connectivity index (χ3n) is 3.57. The number of rotatable bonds is 2. The lowest BCUT2D eigenvalue weighted by molar-refractivity contribution is 0.452. The minimum Gasteiger partial charge on any atom is -0.508 e. The zero-order valence-electron chi connectivity index (χ0n) is 11.4. The molecule has 0 spiro atoms. The fourth-order valence-electron chi connectivity index (χ4n) is 2.52. The monoisotopic (exact) mass is 292 g/mol. The number of aromatic nitrogens is 2. The van der Waals surface area contributed by atoms with Crippen LogP contribution in [0.5, 0.6) is 11.5 Å². The van der Waals surface area contributed by atoms with Gasteiger partial charge < -0.3 is 14.6 Å². The van der Waals surface area contributed by atoms with E-state index in [0.717, 1.165) is 16.5 Å². The summed E-state index contributed by atoms with van der Waals surface area (Å²) in [5, 5.41) is 27.4. The summed E-state index contributed by atoms with van der Waals surface area (Å²) in [5.41, 5.74) is 2.63. The van der Waals surface area contributed by atoms with Crippen molar-refractivity contribution in [2.75, 3.05) is 0 Å². The first-order valence-electron chi connectivity index (χ1n) is 6.77. The highest BCUT2D eigenvalue weighted by atomic mass is 16.3. The van der Waals surface area contributed by atoms with E-state index in [0.29, 0.717) is 17.0 Å². The van der Waals surface area contributed by atoms with Crippen molar-refractivity contribution < 1.29 is 14.6 Å². The van der Waals surface area contributed by atoms with Crippen molar-refractivity contribution in [1.29, 1.82) is 0 Å². The summed E-state index contributed by atoms with van der Waals surface area (Å²) in [6.45, 7) is 0. The Balaban J connectivity index is 1.89. The summed E-state index contributed by atoms with van der Waals surface area (Å²) in [4.78, 5) is 0. The molecule has 0 radical (unpaired) electrons. The average molecular weight is 292 g/mol. The largest absolute Gasteiger partial charge is 0.508 e. The number of H-pyrrole nitrogens is 1. The van der Waals surface area contributed by atoms with Gasteiger partial charge in [-0.05, 0) is 24.3 Å². The van der Waals surface area contributed by atoms with Gasteiger partial charge in [-0.25, -0.2) is 0 Å². The normalized spacial score (nSPS) is 11.1. The van der Waals surface area contributed by atoms with Crippen LogP contribution >= 0.6 is 0 Å². The van der Waals surface area contributed by atoms with Crippen LogP contribution in [-0.4, -0.2) is 20.4 Å². The first kappa shape index (κ1) is 12.5. The van der Waals surface area contributed by atoms with E-state index < -0.39 is 0 Å². The lowest BCUT2D eigenvalue weighted by Crippen LogP contribution is -1.82. The lowest BCUT2D eigenvalue weighted by atomic mass is 10.1. The van der Waals surface area contributed by atoms with E-state index in [1.54, 1.807) is 12.3 Å². The highest BCUT2D eigenvalue weighted by Crippen LogP contribution is 2.38. The third-order valence-corrected chi connectivity index (χ3v) is 3.57. The minimum absolute atomic E-state index is 0.00192. The number of furan rings is 1. The van der Waals surface area contributed by atoms with Crippen LogP contribution < -0.4 is 0 Å². The minimum atomic E-state index is -0.0375. The molecule has 3 N–H and O–H groups in total. The fourth-order valence-corrected chi connectivity index (χ4v) is 2.52. The topological polar surface area (TPSA) is 82.3 Å². The number of fused-ring (bicyclic) bond motifs is 1. The maximum Gasteiger partial charge on any atom is 0.139 e. The molecule has 2 aromatic carbocycles. The van der Waals surface area contributed by atoms with Crippen LogP contribution in [0, 0.1) is 0 Å². The molecule has 4 rings (SSSR count). The molecule has 0 aliphatic heterocycles. The third kappa shape index (κ3) is 1.91. The number of para-hydroxylation sites is 1. The smallest absolute Gasteiger partial charge is 0.139 e. The molecule has 0 bridgehead atoms. The molecular weight excluding hydrogens is 280 g/mol. The molecule has 0 unspecified atom stereocenters. The van der Waals surface area contributed by atoms with Crippen LogP contribution in [0.1, 0.15) is 0 Å². The summed E-state index contributed by atoms with van der Waals surface area (Å²) in [5.74, 6) is 0.629.